The zero-order chi connectivity index (χ0) is 11.4. The zero-order valence-corrected chi connectivity index (χ0v) is 9.11. The highest BCUT2D eigenvalue weighted by Gasteiger charge is 2.17. The van der Waals surface area contributed by atoms with Gasteiger partial charge in [0.05, 0.1) is 18.4 Å². The lowest BCUT2D eigenvalue weighted by atomic mass is 10.2. The molecule has 0 spiro atoms. The summed E-state index contributed by atoms with van der Waals surface area (Å²) in [5.41, 5.74) is 1.92. The predicted molar refractivity (Wildman–Crippen MR) is 58.1 cm³/mol. The summed E-state index contributed by atoms with van der Waals surface area (Å²) in [5, 5.41) is 13.4. The molecule has 1 amide bonds. The van der Waals surface area contributed by atoms with Gasteiger partial charge in [-0.1, -0.05) is 0 Å². The van der Waals surface area contributed by atoms with Crippen molar-refractivity contribution in [2.75, 3.05) is 6.61 Å². The van der Waals surface area contributed by atoms with Gasteiger partial charge in [-0.3, -0.25) is 4.79 Å². The van der Waals surface area contributed by atoms with Gasteiger partial charge >= 0.3 is 0 Å². The highest BCUT2D eigenvalue weighted by atomic mass is 32.1. The van der Waals surface area contributed by atoms with Crippen molar-refractivity contribution in [1.82, 2.24) is 10.3 Å². The van der Waals surface area contributed by atoms with E-state index in [2.05, 4.69) is 10.3 Å². The Morgan fingerprint density at radius 1 is 1.69 bits per heavy atom. The smallest absolute Gasteiger partial charge is 0.271 e. The summed E-state index contributed by atoms with van der Waals surface area (Å²) in [7, 11) is 0. The van der Waals surface area contributed by atoms with Gasteiger partial charge in [0.2, 0.25) is 0 Å². The minimum Gasteiger partial charge on any atom is -0.467 e. The van der Waals surface area contributed by atoms with Crippen LogP contribution in [0.25, 0.3) is 0 Å². The molecule has 0 saturated carbocycles. The molecule has 2 heterocycles. The molecule has 0 saturated heterocycles. The van der Waals surface area contributed by atoms with Crippen molar-refractivity contribution < 1.29 is 14.3 Å². The quantitative estimate of drug-likeness (QED) is 0.839. The Labute approximate surface area is 95.7 Å². The Bertz CT molecular complexity index is 439. The number of amides is 1. The Hall–Kier alpha value is -1.66. The lowest BCUT2D eigenvalue weighted by Gasteiger charge is -2.12. The van der Waals surface area contributed by atoms with Crippen molar-refractivity contribution in [3.05, 3.63) is 40.7 Å². The largest absolute Gasteiger partial charge is 0.467 e. The van der Waals surface area contributed by atoms with Crippen LogP contribution in [0.15, 0.2) is 33.7 Å². The normalized spacial score (nSPS) is 12.3. The summed E-state index contributed by atoms with van der Waals surface area (Å²) < 4.78 is 5.11. The summed E-state index contributed by atoms with van der Waals surface area (Å²) in [6, 6.07) is 2.86. The molecule has 0 fully saturated rings. The fourth-order valence-corrected chi connectivity index (χ4v) is 1.79. The Balaban J connectivity index is 2.05. The molecule has 6 heteroatoms. The van der Waals surface area contributed by atoms with Crippen molar-refractivity contribution in [2.24, 2.45) is 0 Å². The Morgan fingerprint density at radius 3 is 3.12 bits per heavy atom. The lowest BCUT2D eigenvalue weighted by Crippen LogP contribution is -2.30. The summed E-state index contributed by atoms with van der Waals surface area (Å²) in [5.74, 6) is 0.197. The molecular formula is C10H10N2O3S. The summed E-state index contributed by atoms with van der Waals surface area (Å²) in [6.45, 7) is -0.219. The third kappa shape index (κ3) is 2.29. The van der Waals surface area contributed by atoms with Crippen LogP contribution in [0, 0.1) is 0 Å². The first kappa shape index (κ1) is 10.8. The molecule has 0 aromatic carbocycles. The van der Waals surface area contributed by atoms with E-state index in [1.807, 2.05) is 0 Å². The van der Waals surface area contributed by atoms with Gasteiger partial charge in [0.1, 0.15) is 17.5 Å². The van der Waals surface area contributed by atoms with Gasteiger partial charge in [0.25, 0.3) is 5.91 Å². The first-order valence-electron chi connectivity index (χ1n) is 4.64. The predicted octanol–water partition coefficient (Wildman–Crippen LogP) is 1.20. The van der Waals surface area contributed by atoms with Crippen molar-refractivity contribution >= 4 is 17.2 Å². The number of hydrogen-bond acceptors (Lipinski definition) is 5. The molecule has 0 aliphatic rings. The maximum atomic E-state index is 11.7. The molecule has 5 nitrogen and oxygen atoms in total. The number of nitrogens with one attached hydrogen (secondary N) is 1. The molecule has 0 aliphatic heterocycles. The molecule has 2 aromatic heterocycles. The number of nitrogens with zero attached hydrogens (tertiary/aromatic N) is 1. The van der Waals surface area contributed by atoms with Crippen molar-refractivity contribution in [2.45, 2.75) is 6.04 Å². The average molecular weight is 238 g/mol. The number of hydrogen-bond donors (Lipinski definition) is 2. The summed E-state index contributed by atoms with van der Waals surface area (Å²) in [4.78, 5) is 15.5. The highest BCUT2D eigenvalue weighted by molar-refractivity contribution is 7.07. The molecule has 16 heavy (non-hydrogen) atoms. The van der Waals surface area contributed by atoms with Crippen LogP contribution in [0.3, 0.4) is 0 Å². The second-order valence-corrected chi connectivity index (χ2v) is 3.82. The standard InChI is InChI=1S/C10H10N2O3S/c13-4-7(9-2-1-3-15-9)12-10(14)8-5-16-6-11-8/h1-3,5-7,13H,4H2,(H,12,14). The highest BCUT2D eigenvalue weighted by Crippen LogP contribution is 2.13. The van der Waals surface area contributed by atoms with Gasteiger partial charge in [-0.05, 0) is 12.1 Å². The maximum Gasteiger partial charge on any atom is 0.271 e. The lowest BCUT2D eigenvalue weighted by molar-refractivity contribution is 0.0903. The van der Waals surface area contributed by atoms with Crippen LogP contribution in [-0.4, -0.2) is 22.6 Å². The fraction of sp³-hybridized carbons (Fsp3) is 0.200. The van der Waals surface area contributed by atoms with Crippen LogP contribution in [0.2, 0.25) is 0 Å². The number of rotatable bonds is 4. The fourth-order valence-electron chi connectivity index (χ4n) is 1.25. The molecule has 0 bridgehead atoms. The monoisotopic (exact) mass is 238 g/mol. The molecule has 1 atom stereocenters. The number of carbonyl (C=O) groups excluding carboxylic acids is 1. The van der Waals surface area contributed by atoms with E-state index in [4.69, 9.17) is 9.52 Å². The second-order valence-electron chi connectivity index (χ2n) is 3.10. The molecular weight excluding hydrogens is 228 g/mol. The molecule has 2 aromatic rings. The number of carbonyl (C=O) groups is 1. The van der Waals surface area contributed by atoms with E-state index >= 15 is 0 Å². The molecule has 1 unspecified atom stereocenters. The number of furan rings is 1. The minimum absolute atomic E-state index is 0.219. The van der Waals surface area contributed by atoms with Crippen LogP contribution < -0.4 is 5.32 Å². The molecule has 0 aliphatic carbocycles. The third-order valence-electron chi connectivity index (χ3n) is 2.04. The van der Waals surface area contributed by atoms with E-state index < -0.39 is 6.04 Å². The van der Waals surface area contributed by atoms with Crippen molar-refractivity contribution in [3.63, 3.8) is 0 Å². The molecule has 0 radical (unpaired) electrons. The van der Waals surface area contributed by atoms with E-state index in [9.17, 15) is 4.79 Å². The maximum absolute atomic E-state index is 11.7. The van der Waals surface area contributed by atoms with Crippen LogP contribution in [0.4, 0.5) is 0 Å². The molecule has 2 N–H and O–H groups in total. The number of aliphatic hydroxyl groups is 1. The van der Waals surface area contributed by atoms with Crippen LogP contribution in [-0.2, 0) is 0 Å². The number of aromatic nitrogens is 1. The number of aliphatic hydroxyl groups excluding tert-OH is 1. The van der Waals surface area contributed by atoms with Gasteiger partial charge in [-0.15, -0.1) is 11.3 Å². The first-order chi connectivity index (χ1) is 7.81. The topological polar surface area (TPSA) is 75.4 Å². The molecule has 2 rings (SSSR count). The summed E-state index contributed by atoms with van der Waals surface area (Å²) in [6.07, 6.45) is 1.49. The van der Waals surface area contributed by atoms with Gasteiger partial charge in [0.15, 0.2) is 0 Å². The Kier molecular flexibility index (Phi) is 3.33. The van der Waals surface area contributed by atoms with Gasteiger partial charge in [-0.2, -0.15) is 0 Å². The van der Waals surface area contributed by atoms with Crippen LogP contribution in [0.5, 0.6) is 0 Å². The van der Waals surface area contributed by atoms with Crippen LogP contribution >= 0.6 is 11.3 Å². The minimum atomic E-state index is -0.538. The van der Waals surface area contributed by atoms with Crippen molar-refractivity contribution in [1.29, 1.82) is 0 Å². The number of thiazole rings is 1. The van der Waals surface area contributed by atoms with E-state index in [-0.39, 0.29) is 12.5 Å². The average Bonchev–Trinajstić information content (AvgIpc) is 2.96. The molecule has 84 valence electrons. The van der Waals surface area contributed by atoms with E-state index in [1.54, 1.807) is 23.0 Å². The van der Waals surface area contributed by atoms with Crippen molar-refractivity contribution in [3.8, 4) is 0 Å². The second kappa shape index (κ2) is 4.91. The van der Waals surface area contributed by atoms with E-state index in [0.29, 0.717) is 11.5 Å². The zero-order valence-electron chi connectivity index (χ0n) is 8.29. The van der Waals surface area contributed by atoms with Gasteiger partial charge in [-0.25, -0.2) is 4.98 Å². The summed E-state index contributed by atoms with van der Waals surface area (Å²) >= 11 is 1.34. The Morgan fingerprint density at radius 2 is 2.56 bits per heavy atom. The third-order valence-corrected chi connectivity index (χ3v) is 2.63. The van der Waals surface area contributed by atoms with E-state index in [0.717, 1.165) is 0 Å². The van der Waals surface area contributed by atoms with Gasteiger partial charge in [0, 0.05) is 5.38 Å². The van der Waals surface area contributed by atoms with Crippen LogP contribution in [0.1, 0.15) is 22.3 Å². The first-order valence-corrected chi connectivity index (χ1v) is 5.59. The van der Waals surface area contributed by atoms with Gasteiger partial charge < -0.3 is 14.8 Å². The SMILES string of the molecule is O=C(NC(CO)c1ccco1)c1cscn1. The van der Waals surface area contributed by atoms with E-state index in [1.165, 1.54) is 17.6 Å².